The molecule has 0 amide bonds. The Kier molecular flexibility index (Phi) is 7.61. The largest absolute Gasteiger partial charge is 0.376 e. The highest BCUT2D eigenvalue weighted by atomic mass is 32.2. The summed E-state index contributed by atoms with van der Waals surface area (Å²) in [5.74, 6) is 1.98. The predicted molar refractivity (Wildman–Crippen MR) is 106 cm³/mol. The summed E-state index contributed by atoms with van der Waals surface area (Å²) >= 11 is 1.70. The number of nitrogens with one attached hydrogen (secondary N) is 2. The van der Waals surface area contributed by atoms with Crippen molar-refractivity contribution in [1.29, 1.82) is 0 Å². The summed E-state index contributed by atoms with van der Waals surface area (Å²) in [6.45, 7) is 2.59. The second-order valence-electron chi connectivity index (χ2n) is 7.03. The Labute approximate surface area is 160 Å². The number of nitrogens with zero attached hydrogens (tertiary/aromatic N) is 4. The van der Waals surface area contributed by atoms with Gasteiger partial charge in [0.15, 0.2) is 11.1 Å². The van der Waals surface area contributed by atoms with Gasteiger partial charge in [0.2, 0.25) is 0 Å². The molecule has 146 valence electrons. The van der Waals surface area contributed by atoms with Gasteiger partial charge >= 0.3 is 0 Å². The molecule has 2 aliphatic rings. The van der Waals surface area contributed by atoms with Gasteiger partial charge in [-0.3, -0.25) is 4.99 Å². The summed E-state index contributed by atoms with van der Waals surface area (Å²) in [5, 5.41) is 16.7. The molecule has 1 aromatic rings. The van der Waals surface area contributed by atoms with Crippen LogP contribution in [0.2, 0.25) is 0 Å². The molecular weight excluding hydrogens is 348 g/mol. The van der Waals surface area contributed by atoms with E-state index in [4.69, 9.17) is 4.74 Å². The first kappa shape index (κ1) is 19.5. The Morgan fingerprint density at radius 3 is 2.77 bits per heavy atom. The minimum Gasteiger partial charge on any atom is -0.376 e. The number of aryl methyl sites for hydroxylation is 1. The van der Waals surface area contributed by atoms with Gasteiger partial charge in [-0.15, -0.1) is 10.2 Å². The smallest absolute Gasteiger partial charge is 0.191 e. The zero-order valence-electron chi connectivity index (χ0n) is 16.0. The Morgan fingerprint density at radius 2 is 2.08 bits per heavy atom. The van der Waals surface area contributed by atoms with E-state index < -0.39 is 0 Å². The van der Waals surface area contributed by atoms with Crippen LogP contribution >= 0.6 is 11.8 Å². The van der Waals surface area contributed by atoms with Gasteiger partial charge < -0.3 is 19.9 Å². The molecule has 3 rings (SSSR count). The van der Waals surface area contributed by atoms with Crippen molar-refractivity contribution in [2.24, 2.45) is 4.99 Å². The maximum atomic E-state index is 5.64. The second kappa shape index (κ2) is 10.2. The minimum atomic E-state index is 0.323. The summed E-state index contributed by atoms with van der Waals surface area (Å²) in [7, 11) is 1.81. The van der Waals surface area contributed by atoms with Crippen molar-refractivity contribution >= 4 is 17.7 Å². The first-order valence-electron chi connectivity index (χ1n) is 9.85. The van der Waals surface area contributed by atoms with Gasteiger partial charge in [-0.1, -0.05) is 24.6 Å². The third-order valence-electron chi connectivity index (χ3n) is 5.22. The van der Waals surface area contributed by atoms with Crippen LogP contribution < -0.4 is 10.6 Å². The van der Waals surface area contributed by atoms with E-state index in [1.807, 2.05) is 7.05 Å². The molecular formula is C18H32N6OS. The Balaban J connectivity index is 1.43. The van der Waals surface area contributed by atoms with E-state index in [0.717, 1.165) is 62.3 Å². The Hall–Kier alpha value is -1.28. The van der Waals surface area contributed by atoms with E-state index in [1.165, 1.54) is 25.7 Å². The van der Waals surface area contributed by atoms with Crippen molar-refractivity contribution in [3.63, 3.8) is 0 Å². The molecule has 1 aromatic heterocycles. The van der Waals surface area contributed by atoms with Crippen LogP contribution in [-0.2, 0) is 11.2 Å². The van der Waals surface area contributed by atoms with E-state index in [1.54, 1.807) is 11.8 Å². The summed E-state index contributed by atoms with van der Waals surface area (Å²) < 4.78 is 8.03. The summed E-state index contributed by atoms with van der Waals surface area (Å²) in [6, 6.07) is 0.594. The topological polar surface area (TPSA) is 76.4 Å². The summed E-state index contributed by atoms with van der Waals surface area (Å²) in [5.41, 5.74) is 0. The lowest BCUT2D eigenvalue weighted by Gasteiger charge is -2.17. The van der Waals surface area contributed by atoms with Crippen LogP contribution in [0.25, 0.3) is 0 Å². The average molecular weight is 381 g/mol. The Bertz CT molecular complexity index is 578. The number of thioether (sulfide) groups is 1. The van der Waals surface area contributed by atoms with Gasteiger partial charge in [-0.05, 0) is 38.4 Å². The van der Waals surface area contributed by atoms with E-state index in [-0.39, 0.29) is 0 Å². The first-order chi connectivity index (χ1) is 12.8. The summed E-state index contributed by atoms with van der Waals surface area (Å²) in [4.78, 5) is 4.29. The molecule has 1 atom stereocenters. The first-order valence-corrected chi connectivity index (χ1v) is 11.1. The molecule has 2 heterocycles. The van der Waals surface area contributed by atoms with E-state index in [9.17, 15) is 0 Å². The molecule has 8 heteroatoms. The van der Waals surface area contributed by atoms with Gasteiger partial charge in [0.05, 0.1) is 6.10 Å². The van der Waals surface area contributed by atoms with Gasteiger partial charge in [0, 0.05) is 39.2 Å². The molecule has 0 spiro atoms. The fourth-order valence-corrected chi connectivity index (χ4v) is 4.41. The molecule has 0 bridgehead atoms. The fourth-order valence-electron chi connectivity index (χ4n) is 3.84. The normalized spacial score (nSPS) is 21.5. The molecule has 1 saturated heterocycles. The number of hydrogen-bond donors (Lipinski definition) is 2. The van der Waals surface area contributed by atoms with Crippen molar-refractivity contribution in [2.45, 2.75) is 68.7 Å². The highest BCUT2D eigenvalue weighted by Crippen LogP contribution is 2.33. The molecule has 0 aromatic carbocycles. The van der Waals surface area contributed by atoms with Crippen LogP contribution in [0.4, 0.5) is 0 Å². The molecule has 26 heavy (non-hydrogen) atoms. The molecule has 1 unspecified atom stereocenters. The van der Waals surface area contributed by atoms with E-state index >= 15 is 0 Å². The van der Waals surface area contributed by atoms with E-state index in [2.05, 4.69) is 36.6 Å². The zero-order chi connectivity index (χ0) is 18.2. The third kappa shape index (κ3) is 5.13. The average Bonchev–Trinajstić information content (AvgIpc) is 3.41. The number of ether oxygens (including phenoxy) is 1. The zero-order valence-corrected chi connectivity index (χ0v) is 16.9. The standard InChI is InChI=1S/C18H32N6OS/c1-19-17(21-13-15-9-6-12-25-15)20-11-5-10-16-22-23-18(26-2)24(16)14-7-3-4-8-14/h14-15H,3-13H2,1-2H3,(H2,19,20,21). The van der Waals surface area contributed by atoms with Gasteiger partial charge in [-0.2, -0.15) is 0 Å². The minimum absolute atomic E-state index is 0.323. The number of guanidine groups is 1. The number of rotatable bonds is 8. The van der Waals surface area contributed by atoms with Crippen molar-refractivity contribution in [3.8, 4) is 0 Å². The molecule has 7 nitrogen and oxygen atoms in total. The van der Waals surface area contributed by atoms with Gasteiger partial charge in [0.25, 0.3) is 0 Å². The monoisotopic (exact) mass is 380 g/mol. The maximum Gasteiger partial charge on any atom is 0.191 e. The van der Waals surface area contributed by atoms with Gasteiger partial charge in [-0.25, -0.2) is 0 Å². The summed E-state index contributed by atoms with van der Waals surface area (Å²) in [6.07, 6.45) is 11.8. The number of aliphatic imine (C=N–C) groups is 1. The number of aromatic nitrogens is 3. The lowest BCUT2D eigenvalue weighted by molar-refractivity contribution is 0.114. The second-order valence-corrected chi connectivity index (χ2v) is 7.80. The lowest BCUT2D eigenvalue weighted by Crippen LogP contribution is -2.41. The predicted octanol–water partition coefficient (Wildman–Crippen LogP) is 2.39. The van der Waals surface area contributed by atoms with Crippen molar-refractivity contribution in [3.05, 3.63) is 5.82 Å². The van der Waals surface area contributed by atoms with Crippen LogP contribution in [0, 0.1) is 0 Å². The van der Waals surface area contributed by atoms with Crippen LogP contribution in [0.5, 0.6) is 0 Å². The highest BCUT2D eigenvalue weighted by molar-refractivity contribution is 7.98. The van der Waals surface area contributed by atoms with Crippen molar-refractivity contribution < 1.29 is 4.74 Å². The van der Waals surface area contributed by atoms with Crippen LogP contribution in [0.1, 0.15) is 56.8 Å². The molecule has 0 radical (unpaired) electrons. The molecule has 1 aliphatic carbocycles. The lowest BCUT2D eigenvalue weighted by atomic mass is 10.2. The Morgan fingerprint density at radius 1 is 1.23 bits per heavy atom. The fraction of sp³-hybridized carbons (Fsp3) is 0.833. The van der Waals surface area contributed by atoms with Gasteiger partial charge in [0.1, 0.15) is 5.82 Å². The molecule has 2 fully saturated rings. The highest BCUT2D eigenvalue weighted by Gasteiger charge is 2.23. The maximum absolute atomic E-state index is 5.64. The van der Waals surface area contributed by atoms with Crippen molar-refractivity contribution in [1.82, 2.24) is 25.4 Å². The van der Waals surface area contributed by atoms with E-state index in [0.29, 0.717) is 12.1 Å². The molecule has 1 aliphatic heterocycles. The van der Waals surface area contributed by atoms with Crippen LogP contribution in [0.15, 0.2) is 10.1 Å². The third-order valence-corrected chi connectivity index (χ3v) is 5.87. The van der Waals surface area contributed by atoms with Crippen LogP contribution in [0.3, 0.4) is 0 Å². The SMILES string of the molecule is CN=C(NCCCc1nnc(SC)n1C1CCCC1)NCC1CCCO1. The quantitative estimate of drug-likeness (QED) is 0.312. The molecule has 1 saturated carbocycles. The number of hydrogen-bond acceptors (Lipinski definition) is 5. The van der Waals surface area contributed by atoms with Crippen molar-refractivity contribution in [2.75, 3.05) is 33.0 Å². The van der Waals surface area contributed by atoms with Crippen LogP contribution in [-0.4, -0.2) is 59.8 Å². The molecule has 2 N–H and O–H groups in total.